The number of hydrogen-bond donors (Lipinski definition) is 1. The molecule has 2 aromatic carbocycles. The molecule has 128 valence electrons. The van der Waals surface area contributed by atoms with Crippen LogP contribution in [0.2, 0.25) is 0 Å². The zero-order chi connectivity index (χ0) is 17.6. The number of anilines is 1. The summed E-state index contributed by atoms with van der Waals surface area (Å²) in [7, 11) is 0. The van der Waals surface area contributed by atoms with Crippen molar-refractivity contribution in [2.24, 2.45) is 0 Å². The van der Waals surface area contributed by atoms with E-state index in [1.54, 1.807) is 0 Å². The highest BCUT2D eigenvalue weighted by molar-refractivity contribution is 9.10. The molecule has 0 bridgehead atoms. The lowest BCUT2D eigenvalue weighted by Gasteiger charge is -2.08. The first-order valence-electron chi connectivity index (χ1n) is 7.84. The molecule has 7 heteroatoms. The van der Waals surface area contributed by atoms with Crippen molar-refractivity contribution in [2.45, 2.75) is 18.6 Å². The SMILES string of the molecule is CCn1c(SCC(=O)Nc2ccc(Br)cc2)nnc1-c1ccccc1. The lowest BCUT2D eigenvalue weighted by atomic mass is 10.2. The molecule has 3 rings (SSSR count). The number of amides is 1. The fourth-order valence-corrected chi connectivity index (χ4v) is 3.41. The molecule has 25 heavy (non-hydrogen) atoms. The highest BCUT2D eigenvalue weighted by Gasteiger charge is 2.14. The maximum absolute atomic E-state index is 12.1. The zero-order valence-corrected chi connectivity index (χ0v) is 16.0. The summed E-state index contributed by atoms with van der Waals surface area (Å²) >= 11 is 4.76. The monoisotopic (exact) mass is 416 g/mol. The number of nitrogens with zero attached hydrogens (tertiary/aromatic N) is 3. The maximum atomic E-state index is 12.1. The molecule has 1 heterocycles. The molecule has 1 amide bonds. The standard InChI is InChI=1S/C18H17BrN4OS/c1-2-23-17(13-6-4-3-5-7-13)21-22-18(23)25-12-16(24)20-15-10-8-14(19)9-11-15/h3-11H,2,12H2,1H3,(H,20,24). The minimum Gasteiger partial charge on any atom is -0.325 e. The molecule has 0 atom stereocenters. The highest BCUT2D eigenvalue weighted by atomic mass is 79.9. The van der Waals surface area contributed by atoms with Gasteiger partial charge >= 0.3 is 0 Å². The number of aromatic nitrogens is 3. The van der Waals surface area contributed by atoms with Crippen molar-refractivity contribution in [3.8, 4) is 11.4 Å². The van der Waals surface area contributed by atoms with Crippen molar-refractivity contribution in [3.63, 3.8) is 0 Å². The first-order valence-corrected chi connectivity index (χ1v) is 9.62. The van der Waals surface area contributed by atoms with Gasteiger partial charge in [0.2, 0.25) is 5.91 Å². The van der Waals surface area contributed by atoms with Crippen LogP contribution in [-0.4, -0.2) is 26.4 Å². The Labute approximate surface area is 159 Å². The maximum Gasteiger partial charge on any atom is 0.234 e. The summed E-state index contributed by atoms with van der Waals surface area (Å²) in [5.41, 5.74) is 1.79. The molecule has 0 aliphatic heterocycles. The van der Waals surface area contributed by atoms with Gasteiger partial charge in [-0.25, -0.2) is 0 Å². The van der Waals surface area contributed by atoms with E-state index in [4.69, 9.17) is 0 Å². The number of carbonyl (C=O) groups excluding carboxylic acids is 1. The number of halogens is 1. The van der Waals surface area contributed by atoms with Gasteiger partial charge in [-0.2, -0.15) is 0 Å². The number of rotatable bonds is 6. The van der Waals surface area contributed by atoms with Crippen molar-refractivity contribution in [2.75, 3.05) is 11.1 Å². The summed E-state index contributed by atoms with van der Waals surface area (Å²) in [4.78, 5) is 12.1. The largest absolute Gasteiger partial charge is 0.325 e. The van der Waals surface area contributed by atoms with Crippen LogP contribution in [0.4, 0.5) is 5.69 Å². The van der Waals surface area contributed by atoms with Gasteiger partial charge in [-0.1, -0.05) is 58.0 Å². The second-order valence-electron chi connectivity index (χ2n) is 5.26. The van der Waals surface area contributed by atoms with E-state index in [9.17, 15) is 4.79 Å². The van der Waals surface area contributed by atoms with Gasteiger partial charge < -0.3 is 9.88 Å². The van der Waals surface area contributed by atoms with Gasteiger partial charge in [0.05, 0.1) is 5.75 Å². The third-order valence-corrected chi connectivity index (χ3v) is 5.02. The van der Waals surface area contributed by atoms with Crippen LogP contribution in [-0.2, 0) is 11.3 Å². The average molecular weight is 417 g/mol. The lowest BCUT2D eigenvalue weighted by molar-refractivity contribution is -0.113. The number of nitrogens with one attached hydrogen (secondary N) is 1. The molecule has 1 N–H and O–H groups in total. The van der Waals surface area contributed by atoms with E-state index in [-0.39, 0.29) is 11.7 Å². The first-order chi connectivity index (χ1) is 12.2. The minimum atomic E-state index is -0.0702. The number of benzene rings is 2. The van der Waals surface area contributed by atoms with Gasteiger partial charge in [0.15, 0.2) is 11.0 Å². The second kappa shape index (κ2) is 8.31. The van der Waals surface area contributed by atoms with E-state index in [0.717, 1.165) is 33.2 Å². The van der Waals surface area contributed by atoms with Crippen LogP contribution in [0.3, 0.4) is 0 Å². The first kappa shape index (κ1) is 17.7. The van der Waals surface area contributed by atoms with Gasteiger partial charge in [0.25, 0.3) is 0 Å². The summed E-state index contributed by atoms with van der Waals surface area (Å²) in [5.74, 6) is 1.03. The molecule has 0 unspecified atom stereocenters. The summed E-state index contributed by atoms with van der Waals surface area (Å²) in [6.07, 6.45) is 0. The van der Waals surface area contributed by atoms with Crippen LogP contribution in [0, 0.1) is 0 Å². The van der Waals surface area contributed by atoms with Crippen LogP contribution >= 0.6 is 27.7 Å². The molecular formula is C18H17BrN4OS. The van der Waals surface area contributed by atoms with Crippen molar-refractivity contribution in [3.05, 3.63) is 59.1 Å². The fraction of sp³-hybridized carbons (Fsp3) is 0.167. The molecule has 0 saturated heterocycles. The molecule has 1 aromatic heterocycles. The number of carbonyl (C=O) groups is 1. The summed E-state index contributed by atoms with van der Waals surface area (Å²) in [5, 5.41) is 12.1. The second-order valence-corrected chi connectivity index (χ2v) is 7.12. The Balaban J connectivity index is 1.66. The molecule has 5 nitrogen and oxygen atoms in total. The summed E-state index contributed by atoms with van der Waals surface area (Å²) < 4.78 is 3.00. The lowest BCUT2D eigenvalue weighted by Crippen LogP contribution is -2.14. The Morgan fingerprint density at radius 3 is 2.52 bits per heavy atom. The quantitative estimate of drug-likeness (QED) is 0.602. The topological polar surface area (TPSA) is 59.8 Å². The molecule has 0 radical (unpaired) electrons. The Morgan fingerprint density at radius 1 is 1.12 bits per heavy atom. The van der Waals surface area contributed by atoms with E-state index in [1.165, 1.54) is 11.8 Å². The van der Waals surface area contributed by atoms with Gasteiger partial charge in [-0.15, -0.1) is 10.2 Å². The van der Waals surface area contributed by atoms with Crippen LogP contribution < -0.4 is 5.32 Å². The molecule has 0 aliphatic rings. The predicted octanol–water partition coefficient (Wildman–Crippen LogP) is 4.46. The van der Waals surface area contributed by atoms with E-state index < -0.39 is 0 Å². The van der Waals surface area contributed by atoms with Crippen molar-refractivity contribution in [1.29, 1.82) is 0 Å². The zero-order valence-electron chi connectivity index (χ0n) is 13.6. The normalized spacial score (nSPS) is 10.6. The van der Waals surface area contributed by atoms with Crippen molar-refractivity contribution < 1.29 is 4.79 Å². The van der Waals surface area contributed by atoms with Crippen LogP contribution in [0.1, 0.15) is 6.92 Å². The third-order valence-electron chi connectivity index (χ3n) is 3.53. The smallest absolute Gasteiger partial charge is 0.234 e. The average Bonchev–Trinajstić information content (AvgIpc) is 3.05. The fourth-order valence-electron chi connectivity index (χ4n) is 2.34. The van der Waals surface area contributed by atoms with E-state index >= 15 is 0 Å². The molecule has 0 fully saturated rings. The number of thioether (sulfide) groups is 1. The van der Waals surface area contributed by atoms with Gasteiger partial charge in [-0.05, 0) is 31.2 Å². The van der Waals surface area contributed by atoms with E-state index in [1.807, 2.05) is 66.1 Å². The van der Waals surface area contributed by atoms with Crippen molar-refractivity contribution in [1.82, 2.24) is 14.8 Å². The molecule has 3 aromatic rings. The molecular weight excluding hydrogens is 400 g/mol. The van der Waals surface area contributed by atoms with E-state index in [0.29, 0.717) is 0 Å². The Hall–Kier alpha value is -2.12. The van der Waals surface area contributed by atoms with Crippen LogP contribution in [0.25, 0.3) is 11.4 Å². The Kier molecular flexibility index (Phi) is 5.88. The molecule has 0 saturated carbocycles. The molecule has 0 spiro atoms. The Bertz CT molecular complexity index is 849. The van der Waals surface area contributed by atoms with Crippen LogP contribution in [0.5, 0.6) is 0 Å². The minimum absolute atomic E-state index is 0.0702. The Morgan fingerprint density at radius 2 is 1.84 bits per heavy atom. The van der Waals surface area contributed by atoms with Gasteiger partial charge in [-0.3, -0.25) is 4.79 Å². The third kappa shape index (κ3) is 4.49. The predicted molar refractivity (Wildman–Crippen MR) is 105 cm³/mol. The highest BCUT2D eigenvalue weighted by Crippen LogP contribution is 2.24. The van der Waals surface area contributed by atoms with Crippen LogP contribution in [0.15, 0.2) is 64.2 Å². The van der Waals surface area contributed by atoms with Gasteiger partial charge in [0.1, 0.15) is 0 Å². The van der Waals surface area contributed by atoms with Crippen molar-refractivity contribution >= 4 is 39.3 Å². The molecule has 0 aliphatic carbocycles. The van der Waals surface area contributed by atoms with Gasteiger partial charge in [0, 0.05) is 22.3 Å². The summed E-state index contributed by atoms with van der Waals surface area (Å²) in [6, 6.07) is 17.4. The number of hydrogen-bond acceptors (Lipinski definition) is 4. The summed E-state index contributed by atoms with van der Waals surface area (Å²) in [6.45, 7) is 2.79. The van der Waals surface area contributed by atoms with E-state index in [2.05, 4.69) is 31.4 Å².